The molecule has 0 spiro atoms. The maximum absolute atomic E-state index is 13.2. The molecule has 8 nitrogen and oxygen atoms in total. The Labute approximate surface area is 219 Å². The molecule has 200 valence electrons. The highest BCUT2D eigenvalue weighted by Crippen LogP contribution is 2.22. The van der Waals surface area contributed by atoms with Crippen molar-refractivity contribution in [3.8, 4) is 0 Å². The van der Waals surface area contributed by atoms with Crippen molar-refractivity contribution in [3.05, 3.63) is 34.9 Å². The van der Waals surface area contributed by atoms with Crippen molar-refractivity contribution in [2.75, 3.05) is 0 Å². The second kappa shape index (κ2) is 14.2. The summed E-state index contributed by atoms with van der Waals surface area (Å²) in [4.78, 5) is 52.4. The molecule has 3 N–H and O–H groups in total. The number of hydrogen-bond donors (Lipinski definition) is 3. The average molecular weight is 522 g/mol. The molecular weight excluding hydrogens is 482 g/mol. The minimum atomic E-state index is -0.957. The number of nitrogens with one attached hydrogen (secondary N) is 3. The highest BCUT2D eigenvalue weighted by Gasteiger charge is 2.35. The number of amides is 3. The number of ether oxygens (including phenoxy) is 1. The van der Waals surface area contributed by atoms with E-state index < -0.39 is 47.9 Å². The fourth-order valence-corrected chi connectivity index (χ4v) is 4.36. The molecule has 1 aromatic rings. The van der Waals surface area contributed by atoms with Crippen LogP contribution >= 0.6 is 11.6 Å². The summed E-state index contributed by atoms with van der Waals surface area (Å²) in [6.07, 6.45) is 2.70. The van der Waals surface area contributed by atoms with E-state index in [1.807, 2.05) is 20.8 Å². The maximum atomic E-state index is 13.2. The highest BCUT2D eigenvalue weighted by molar-refractivity contribution is 6.31. The van der Waals surface area contributed by atoms with Crippen LogP contribution < -0.4 is 16.0 Å². The van der Waals surface area contributed by atoms with Gasteiger partial charge in [-0.2, -0.15) is 0 Å². The van der Waals surface area contributed by atoms with E-state index in [2.05, 4.69) is 22.9 Å². The van der Waals surface area contributed by atoms with Crippen molar-refractivity contribution in [1.82, 2.24) is 16.0 Å². The minimum absolute atomic E-state index is 0.0761. The molecule has 0 bridgehead atoms. The quantitative estimate of drug-likeness (QED) is 0.453. The number of unbranched alkanes of at least 4 members (excludes halogenated alkanes) is 1. The fourth-order valence-electron chi connectivity index (χ4n) is 4.15. The number of carbonyl (C=O) groups is 4. The Morgan fingerprint density at radius 1 is 1.00 bits per heavy atom. The molecule has 1 aromatic carbocycles. The Morgan fingerprint density at radius 3 is 2.33 bits per heavy atom. The van der Waals surface area contributed by atoms with E-state index in [0.717, 1.165) is 19.3 Å². The van der Waals surface area contributed by atoms with Crippen LogP contribution in [0.4, 0.5) is 0 Å². The van der Waals surface area contributed by atoms with Crippen LogP contribution in [0.2, 0.25) is 5.02 Å². The van der Waals surface area contributed by atoms with Crippen molar-refractivity contribution in [2.24, 2.45) is 11.8 Å². The number of esters is 1. The van der Waals surface area contributed by atoms with Gasteiger partial charge in [0.05, 0.1) is 6.42 Å². The molecule has 3 amide bonds. The number of cyclic esters (lactones) is 1. The van der Waals surface area contributed by atoms with Gasteiger partial charge in [0, 0.05) is 11.4 Å². The van der Waals surface area contributed by atoms with Crippen molar-refractivity contribution >= 4 is 35.3 Å². The molecular formula is C27H40ClN3O5. The van der Waals surface area contributed by atoms with Gasteiger partial charge in [-0.25, -0.2) is 4.79 Å². The maximum Gasteiger partial charge on any atom is 0.329 e. The van der Waals surface area contributed by atoms with E-state index in [-0.39, 0.29) is 24.7 Å². The highest BCUT2D eigenvalue weighted by atomic mass is 35.5. The number of hydrogen-bond acceptors (Lipinski definition) is 5. The molecule has 36 heavy (non-hydrogen) atoms. The van der Waals surface area contributed by atoms with Gasteiger partial charge >= 0.3 is 5.97 Å². The first kappa shape index (κ1) is 29.6. The second-order valence-electron chi connectivity index (χ2n) is 9.82. The topological polar surface area (TPSA) is 114 Å². The van der Waals surface area contributed by atoms with Crippen LogP contribution in [0.15, 0.2) is 24.3 Å². The summed E-state index contributed by atoms with van der Waals surface area (Å²) in [5.41, 5.74) is 0.692. The first-order chi connectivity index (χ1) is 17.1. The Bertz CT molecular complexity index is 924. The van der Waals surface area contributed by atoms with Gasteiger partial charge in [0.25, 0.3) is 0 Å². The molecule has 0 aliphatic carbocycles. The molecule has 0 radical (unpaired) electrons. The smallest absolute Gasteiger partial charge is 0.329 e. The summed E-state index contributed by atoms with van der Waals surface area (Å²) in [6.45, 7) is 9.34. The van der Waals surface area contributed by atoms with Crippen molar-refractivity contribution in [1.29, 1.82) is 0 Å². The largest absolute Gasteiger partial charge is 0.460 e. The number of benzene rings is 1. The zero-order valence-corrected chi connectivity index (χ0v) is 22.7. The molecule has 1 heterocycles. The van der Waals surface area contributed by atoms with Crippen molar-refractivity contribution in [3.63, 3.8) is 0 Å². The first-order valence-corrected chi connectivity index (χ1v) is 13.3. The lowest BCUT2D eigenvalue weighted by molar-refractivity contribution is -0.158. The lowest BCUT2D eigenvalue weighted by atomic mass is 9.94. The van der Waals surface area contributed by atoms with Crippen LogP contribution in [0.1, 0.15) is 72.3 Å². The Balaban J connectivity index is 2.40. The molecule has 2 rings (SSSR count). The standard InChI is InChI=1S/C27H40ClN3O5/c1-6-8-11-17(4)22-15-23(32)30-21(14-19-12-9-10-13-20(19)28)26(34)29-18(5)25(33)31-24(16(3)7-2)27(35)36-22/h9-10,12-13,16-18,21-22,24H,6-8,11,14-15H2,1-5H3,(H,29,34)(H,30,32)(H,31,33)/t16-,17-,18-,21-,22-,24+/m0/s1. The molecule has 0 aromatic heterocycles. The Morgan fingerprint density at radius 2 is 1.69 bits per heavy atom. The van der Waals surface area contributed by atoms with E-state index in [9.17, 15) is 19.2 Å². The first-order valence-electron chi connectivity index (χ1n) is 12.9. The molecule has 1 saturated heterocycles. The molecule has 9 heteroatoms. The fraction of sp³-hybridized carbons (Fsp3) is 0.630. The van der Waals surface area contributed by atoms with Gasteiger partial charge in [0.1, 0.15) is 24.2 Å². The summed E-state index contributed by atoms with van der Waals surface area (Å²) < 4.78 is 5.87. The third kappa shape index (κ3) is 8.50. The van der Waals surface area contributed by atoms with Gasteiger partial charge in [0.15, 0.2) is 0 Å². The minimum Gasteiger partial charge on any atom is -0.460 e. The van der Waals surface area contributed by atoms with Crippen LogP contribution in [0.25, 0.3) is 0 Å². The Hall–Kier alpha value is -2.61. The lowest BCUT2D eigenvalue weighted by Gasteiger charge is -2.29. The average Bonchev–Trinajstić information content (AvgIpc) is 2.85. The summed E-state index contributed by atoms with van der Waals surface area (Å²) in [7, 11) is 0. The summed E-state index contributed by atoms with van der Waals surface area (Å²) in [6, 6.07) is 4.32. The molecule has 0 unspecified atom stereocenters. The van der Waals surface area contributed by atoms with Crippen molar-refractivity contribution < 1.29 is 23.9 Å². The van der Waals surface area contributed by atoms with Crippen LogP contribution in [0.3, 0.4) is 0 Å². The van der Waals surface area contributed by atoms with Gasteiger partial charge in [-0.05, 0) is 36.8 Å². The third-order valence-corrected chi connectivity index (χ3v) is 7.22. The van der Waals surface area contributed by atoms with Gasteiger partial charge in [-0.3, -0.25) is 14.4 Å². The second-order valence-corrected chi connectivity index (χ2v) is 10.2. The SMILES string of the molecule is CCCC[C@H](C)[C@@H]1CC(=O)N[C@@H](Cc2ccccc2Cl)C(=O)N[C@@H](C)C(=O)N[C@H]([C@@H](C)CC)C(=O)O1. The van der Waals surface area contributed by atoms with Crippen LogP contribution in [-0.2, 0) is 30.3 Å². The number of carbonyl (C=O) groups excluding carboxylic acids is 4. The molecule has 1 aliphatic rings. The predicted octanol–water partition coefficient (Wildman–Crippen LogP) is 3.54. The monoisotopic (exact) mass is 521 g/mol. The van der Waals surface area contributed by atoms with Gasteiger partial charge in [-0.1, -0.05) is 76.8 Å². The van der Waals surface area contributed by atoms with Crippen molar-refractivity contribution in [2.45, 2.75) is 97.4 Å². The summed E-state index contributed by atoms with van der Waals surface area (Å²) in [5.74, 6) is -2.24. The number of halogens is 1. The Kier molecular flexibility index (Phi) is 11.7. The van der Waals surface area contributed by atoms with E-state index in [1.165, 1.54) is 6.92 Å². The molecule has 0 saturated carbocycles. The third-order valence-electron chi connectivity index (χ3n) is 6.85. The number of rotatable bonds is 8. The van der Waals surface area contributed by atoms with E-state index in [4.69, 9.17) is 16.3 Å². The summed E-state index contributed by atoms with van der Waals surface area (Å²) >= 11 is 6.30. The van der Waals surface area contributed by atoms with Gasteiger partial charge in [0.2, 0.25) is 17.7 Å². The van der Waals surface area contributed by atoms with E-state index in [0.29, 0.717) is 17.0 Å². The zero-order chi connectivity index (χ0) is 26.8. The molecule has 1 aliphatic heterocycles. The molecule has 6 atom stereocenters. The van der Waals surface area contributed by atoms with E-state index in [1.54, 1.807) is 24.3 Å². The van der Waals surface area contributed by atoms with Gasteiger partial charge in [-0.15, -0.1) is 0 Å². The van der Waals surface area contributed by atoms with Crippen LogP contribution in [0.5, 0.6) is 0 Å². The van der Waals surface area contributed by atoms with Gasteiger partial charge < -0.3 is 20.7 Å². The lowest BCUT2D eigenvalue weighted by Crippen LogP contribution is -2.55. The van der Waals surface area contributed by atoms with E-state index >= 15 is 0 Å². The summed E-state index contributed by atoms with van der Waals surface area (Å²) in [5, 5.41) is 8.69. The normalized spacial score (nSPS) is 25.7. The zero-order valence-electron chi connectivity index (χ0n) is 21.9. The van der Waals surface area contributed by atoms with Crippen LogP contribution in [0, 0.1) is 11.8 Å². The molecule has 1 fully saturated rings. The predicted molar refractivity (Wildman–Crippen MR) is 139 cm³/mol. The van der Waals surface area contributed by atoms with Crippen LogP contribution in [-0.4, -0.2) is 47.9 Å².